The molecule has 2 aliphatic rings. The second-order valence-corrected chi connectivity index (χ2v) is 7.84. The summed E-state index contributed by atoms with van der Waals surface area (Å²) in [7, 11) is 1.58. The molecule has 164 valence electrons. The summed E-state index contributed by atoms with van der Waals surface area (Å²) in [6.07, 6.45) is 1.99. The van der Waals surface area contributed by atoms with Crippen molar-refractivity contribution in [3.63, 3.8) is 0 Å². The van der Waals surface area contributed by atoms with Crippen LogP contribution < -0.4 is 19.5 Å². The van der Waals surface area contributed by atoms with E-state index in [1.54, 1.807) is 13.2 Å². The number of para-hydroxylation sites is 2. The lowest BCUT2D eigenvalue weighted by atomic mass is 9.88. The Kier molecular flexibility index (Phi) is 6.72. The Balaban J connectivity index is 1.24. The summed E-state index contributed by atoms with van der Waals surface area (Å²) in [5.74, 6) is 2.11. The maximum Gasteiger partial charge on any atom is 0.225 e. The number of carbonyl (C=O) groups is 2. The second kappa shape index (κ2) is 9.83. The molecule has 0 aliphatic carbocycles. The van der Waals surface area contributed by atoms with Crippen LogP contribution in [-0.2, 0) is 4.79 Å². The van der Waals surface area contributed by atoms with Gasteiger partial charge in [-0.2, -0.15) is 0 Å². The molecule has 4 rings (SSSR count). The lowest BCUT2D eigenvalue weighted by Gasteiger charge is -2.31. The zero-order valence-corrected chi connectivity index (χ0v) is 17.8. The van der Waals surface area contributed by atoms with Crippen molar-refractivity contribution in [3.05, 3.63) is 48.0 Å². The highest BCUT2D eigenvalue weighted by molar-refractivity contribution is 5.98. The Labute approximate surface area is 182 Å². The summed E-state index contributed by atoms with van der Waals surface area (Å²) in [5.41, 5.74) is 1.36. The number of methoxy groups -OCH3 is 1. The number of likely N-dealkylation sites (tertiary alicyclic amines) is 1. The van der Waals surface area contributed by atoms with Crippen molar-refractivity contribution in [2.75, 3.05) is 45.3 Å². The standard InChI is InChI=1S/C24H28N2O5/c1-29-20-5-3-2-4-19(20)25-23(27)10-13-26-11-8-17(9-12-26)24(28)18-6-7-21-22(16-18)31-15-14-30-21/h2-7,16-17H,8-15H2,1H3,(H,25,27). The molecule has 0 radical (unpaired) electrons. The number of benzene rings is 2. The number of ether oxygens (including phenoxy) is 3. The van der Waals surface area contributed by atoms with Gasteiger partial charge in [0.25, 0.3) is 0 Å². The summed E-state index contributed by atoms with van der Waals surface area (Å²) < 4.78 is 16.4. The van der Waals surface area contributed by atoms with Crippen molar-refractivity contribution in [2.24, 2.45) is 5.92 Å². The number of fused-ring (bicyclic) bond motifs is 1. The molecule has 0 spiro atoms. The number of hydrogen-bond donors (Lipinski definition) is 1. The average molecular weight is 424 g/mol. The minimum absolute atomic E-state index is 0.00113. The van der Waals surface area contributed by atoms with E-state index in [-0.39, 0.29) is 17.6 Å². The first-order valence-corrected chi connectivity index (χ1v) is 10.7. The largest absolute Gasteiger partial charge is 0.495 e. The number of carbonyl (C=O) groups excluding carboxylic acids is 2. The SMILES string of the molecule is COc1ccccc1NC(=O)CCN1CCC(C(=O)c2ccc3c(c2)OCCO3)CC1. The Hall–Kier alpha value is -3.06. The Morgan fingerprint density at radius 1 is 1.06 bits per heavy atom. The van der Waals surface area contributed by atoms with E-state index in [1.165, 1.54) is 0 Å². The van der Waals surface area contributed by atoms with Crippen LogP contribution in [0.4, 0.5) is 5.69 Å². The highest BCUT2D eigenvalue weighted by Gasteiger charge is 2.27. The smallest absolute Gasteiger partial charge is 0.225 e. The van der Waals surface area contributed by atoms with Crippen molar-refractivity contribution in [3.8, 4) is 17.2 Å². The van der Waals surface area contributed by atoms with E-state index in [0.717, 1.165) is 25.9 Å². The number of amides is 1. The predicted octanol–water partition coefficient (Wildman–Crippen LogP) is 3.39. The molecule has 7 nitrogen and oxygen atoms in total. The number of nitrogens with one attached hydrogen (secondary N) is 1. The maximum absolute atomic E-state index is 12.9. The molecule has 2 aliphatic heterocycles. The maximum atomic E-state index is 12.9. The van der Waals surface area contributed by atoms with Crippen molar-refractivity contribution in [2.45, 2.75) is 19.3 Å². The Morgan fingerprint density at radius 3 is 2.58 bits per heavy atom. The molecule has 1 amide bonds. The van der Waals surface area contributed by atoms with Crippen LogP contribution in [0.2, 0.25) is 0 Å². The monoisotopic (exact) mass is 424 g/mol. The predicted molar refractivity (Wildman–Crippen MR) is 117 cm³/mol. The number of piperidine rings is 1. The van der Waals surface area contributed by atoms with Gasteiger partial charge in [-0.3, -0.25) is 9.59 Å². The highest BCUT2D eigenvalue weighted by Crippen LogP contribution is 2.32. The summed E-state index contributed by atoms with van der Waals surface area (Å²) in [5, 5.41) is 2.91. The van der Waals surface area contributed by atoms with Gasteiger partial charge in [0.05, 0.1) is 12.8 Å². The van der Waals surface area contributed by atoms with Crippen LogP contribution in [-0.4, -0.2) is 56.5 Å². The van der Waals surface area contributed by atoms with Gasteiger partial charge in [-0.15, -0.1) is 0 Å². The zero-order valence-electron chi connectivity index (χ0n) is 17.8. The third kappa shape index (κ3) is 5.17. The van der Waals surface area contributed by atoms with Crippen molar-refractivity contribution >= 4 is 17.4 Å². The Bertz CT molecular complexity index is 937. The number of Topliss-reactive ketones (excluding diaryl/α,β-unsaturated/α-hetero) is 1. The zero-order chi connectivity index (χ0) is 21.6. The van der Waals surface area contributed by atoms with Crippen molar-refractivity contribution in [1.82, 2.24) is 4.90 Å². The molecular formula is C24H28N2O5. The molecule has 0 bridgehead atoms. The lowest BCUT2D eigenvalue weighted by Crippen LogP contribution is -2.38. The lowest BCUT2D eigenvalue weighted by molar-refractivity contribution is -0.116. The first kappa shape index (κ1) is 21.2. The molecule has 7 heteroatoms. The van der Waals surface area contributed by atoms with Crippen LogP contribution in [0.5, 0.6) is 17.2 Å². The van der Waals surface area contributed by atoms with Gasteiger partial charge >= 0.3 is 0 Å². The van der Waals surface area contributed by atoms with Crippen LogP contribution in [0, 0.1) is 5.92 Å². The van der Waals surface area contributed by atoms with E-state index < -0.39 is 0 Å². The molecule has 2 heterocycles. The third-order valence-electron chi connectivity index (χ3n) is 5.82. The van der Waals surface area contributed by atoms with E-state index >= 15 is 0 Å². The quantitative estimate of drug-likeness (QED) is 0.687. The highest BCUT2D eigenvalue weighted by atomic mass is 16.6. The number of nitrogens with zero attached hydrogens (tertiary/aromatic N) is 1. The molecule has 0 aromatic heterocycles. The number of rotatable bonds is 7. The molecule has 1 saturated heterocycles. The van der Waals surface area contributed by atoms with E-state index in [2.05, 4.69) is 10.2 Å². The fourth-order valence-corrected chi connectivity index (χ4v) is 4.07. The van der Waals surface area contributed by atoms with Crippen LogP contribution in [0.1, 0.15) is 29.6 Å². The third-order valence-corrected chi connectivity index (χ3v) is 5.82. The topological polar surface area (TPSA) is 77.1 Å². The van der Waals surface area contributed by atoms with Crippen LogP contribution in [0.25, 0.3) is 0 Å². The normalized spacial score (nSPS) is 16.5. The van der Waals surface area contributed by atoms with E-state index in [4.69, 9.17) is 14.2 Å². The van der Waals surface area contributed by atoms with E-state index in [9.17, 15) is 9.59 Å². The van der Waals surface area contributed by atoms with Gasteiger partial charge in [-0.25, -0.2) is 0 Å². The number of ketones is 1. The van der Waals surface area contributed by atoms with Gasteiger partial charge in [-0.05, 0) is 56.3 Å². The summed E-state index contributed by atoms with van der Waals surface area (Å²) in [6, 6.07) is 12.8. The van der Waals surface area contributed by atoms with E-state index in [1.807, 2.05) is 36.4 Å². The minimum Gasteiger partial charge on any atom is -0.495 e. The van der Waals surface area contributed by atoms with Crippen molar-refractivity contribution < 1.29 is 23.8 Å². The van der Waals surface area contributed by atoms with Crippen LogP contribution in [0.3, 0.4) is 0 Å². The van der Waals surface area contributed by atoms with Gasteiger partial charge < -0.3 is 24.4 Å². The molecule has 0 saturated carbocycles. The summed E-state index contributed by atoms with van der Waals surface area (Å²) in [6.45, 7) is 3.33. The summed E-state index contributed by atoms with van der Waals surface area (Å²) >= 11 is 0. The second-order valence-electron chi connectivity index (χ2n) is 7.84. The van der Waals surface area contributed by atoms with Crippen molar-refractivity contribution in [1.29, 1.82) is 0 Å². The van der Waals surface area contributed by atoms with Gasteiger partial charge in [0.2, 0.25) is 5.91 Å². The first-order valence-electron chi connectivity index (χ1n) is 10.7. The van der Waals surface area contributed by atoms with Gasteiger partial charge in [-0.1, -0.05) is 12.1 Å². The van der Waals surface area contributed by atoms with Gasteiger partial charge in [0.1, 0.15) is 19.0 Å². The fourth-order valence-electron chi connectivity index (χ4n) is 4.07. The molecule has 31 heavy (non-hydrogen) atoms. The fraction of sp³-hybridized carbons (Fsp3) is 0.417. The molecule has 2 aromatic carbocycles. The summed E-state index contributed by atoms with van der Waals surface area (Å²) in [4.78, 5) is 27.5. The Morgan fingerprint density at radius 2 is 1.81 bits per heavy atom. The molecule has 1 fully saturated rings. The van der Waals surface area contributed by atoms with Crippen LogP contribution >= 0.6 is 0 Å². The number of hydrogen-bond acceptors (Lipinski definition) is 6. The number of anilines is 1. The molecule has 1 N–H and O–H groups in total. The van der Waals surface area contributed by atoms with Gasteiger partial charge in [0, 0.05) is 24.4 Å². The van der Waals surface area contributed by atoms with Gasteiger partial charge in [0.15, 0.2) is 17.3 Å². The molecular weight excluding hydrogens is 396 g/mol. The first-order chi connectivity index (χ1) is 15.1. The molecule has 0 unspecified atom stereocenters. The van der Waals surface area contributed by atoms with E-state index in [0.29, 0.717) is 54.7 Å². The molecule has 0 atom stereocenters. The van der Waals surface area contributed by atoms with Crippen LogP contribution in [0.15, 0.2) is 42.5 Å². The molecule has 2 aromatic rings. The average Bonchev–Trinajstić information content (AvgIpc) is 2.82. The minimum atomic E-state index is -0.0426.